The van der Waals surface area contributed by atoms with Gasteiger partial charge in [-0.3, -0.25) is 0 Å². The molecule has 4 nitrogen and oxygen atoms in total. The van der Waals surface area contributed by atoms with Gasteiger partial charge in [-0.05, 0) is 73.5 Å². The van der Waals surface area contributed by atoms with Crippen molar-refractivity contribution in [1.29, 1.82) is 0 Å². The number of carboxylic acids is 1. The molecule has 0 amide bonds. The Morgan fingerprint density at radius 3 is 2.81 bits per heavy atom. The molecule has 26 heavy (non-hydrogen) atoms. The van der Waals surface area contributed by atoms with Crippen molar-refractivity contribution in [3.05, 3.63) is 39.8 Å². The molecule has 5 heteroatoms. The number of ether oxygens (including phenoxy) is 1. The molecule has 2 aromatic rings. The normalized spacial score (nSPS) is 15.5. The van der Waals surface area contributed by atoms with E-state index in [1.54, 1.807) is 11.3 Å². The van der Waals surface area contributed by atoms with Crippen LogP contribution in [0.2, 0.25) is 0 Å². The molecule has 0 bridgehead atoms. The second-order valence-corrected chi connectivity index (χ2v) is 8.89. The van der Waals surface area contributed by atoms with Gasteiger partial charge in [-0.2, -0.15) is 0 Å². The van der Waals surface area contributed by atoms with Crippen LogP contribution in [0.1, 0.15) is 46.6 Å². The maximum atomic E-state index is 12.1. The number of thiophene rings is 1. The monoisotopic (exact) mass is 373 g/mol. The average Bonchev–Trinajstić information content (AvgIpc) is 2.92. The van der Waals surface area contributed by atoms with E-state index in [0.29, 0.717) is 12.2 Å². The molecule has 1 aliphatic rings. The third-order valence-electron chi connectivity index (χ3n) is 5.05. The van der Waals surface area contributed by atoms with Gasteiger partial charge in [0.05, 0.1) is 5.56 Å². The van der Waals surface area contributed by atoms with E-state index >= 15 is 0 Å². The summed E-state index contributed by atoms with van der Waals surface area (Å²) in [5.74, 6) is 0.00442. The number of nitrogens with one attached hydrogen (secondary N) is 1. The Balaban J connectivity index is 1.99. The van der Waals surface area contributed by atoms with Gasteiger partial charge >= 0.3 is 5.97 Å². The number of likely N-dealkylation sites (N-methyl/N-ethyl adjacent to an activating group) is 1. The standard InChI is InChI=1S/C21H27NO3S/c1-13-11-14(25-10-9-22-4)5-6-15(13)19-18(20(23)24)16-12-21(2,3)8-7-17(16)26-19/h5-6,11,22H,7-10,12H2,1-4H3,(H,23,24). The molecule has 1 heterocycles. The lowest BCUT2D eigenvalue weighted by Crippen LogP contribution is -2.22. The van der Waals surface area contributed by atoms with Crippen molar-refractivity contribution in [2.24, 2.45) is 5.41 Å². The highest BCUT2D eigenvalue weighted by atomic mass is 32.1. The number of aromatic carboxylic acids is 1. The lowest BCUT2D eigenvalue weighted by atomic mass is 9.76. The molecule has 1 aromatic carbocycles. The third kappa shape index (κ3) is 3.79. The van der Waals surface area contributed by atoms with Gasteiger partial charge in [0.15, 0.2) is 0 Å². The quantitative estimate of drug-likeness (QED) is 0.730. The van der Waals surface area contributed by atoms with Crippen LogP contribution in [0.25, 0.3) is 10.4 Å². The molecule has 0 saturated carbocycles. The first kappa shape index (κ1) is 18.9. The summed E-state index contributed by atoms with van der Waals surface area (Å²) < 4.78 is 5.73. The number of carbonyl (C=O) groups is 1. The fraction of sp³-hybridized carbons (Fsp3) is 0.476. The van der Waals surface area contributed by atoms with Gasteiger partial charge in [-0.1, -0.05) is 13.8 Å². The fourth-order valence-corrected chi connectivity index (χ4v) is 4.99. The molecule has 0 atom stereocenters. The molecule has 0 spiro atoms. The van der Waals surface area contributed by atoms with Crippen LogP contribution < -0.4 is 10.1 Å². The Morgan fingerprint density at radius 2 is 2.15 bits per heavy atom. The average molecular weight is 374 g/mol. The molecule has 1 aromatic heterocycles. The van der Waals surface area contributed by atoms with Gasteiger partial charge in [0.2, 0.25) is 0 Å². The first-order valence-electron chi connectivity index (χ1n) is 9.08. The van der Waals surface area contributed by atoms with Crippen molar-refractivity contribution < 1.29 is 14.6 Å². The van der Waals surface area contributed by atoms with Crippen molar-refractivity contribution in [3.8, 4) is 16.2 Å². The Morgan fingerprint density at radius 1 is 1.38 bits per heavy atom. The maximum absolute atomic E-state index is 12.1. The highest BCUT2D eigenvalue weighted by molar-refractivity contribution is 7.16. The van der Waals surface area contributed by atoms with Crippen molar-refractivity contribution in [1.82, 2.24) is 5.32 Å². The molecule has 0 aliphatic heterocycles. The zero-order valence-electron chi connectivity index (χ0n) is 15.9. The molecule has 140 valence electrons. The topological polar surface area (TPSA) is 58.6 Å². The van der Waals surface area contributed by atoms with Crippen LogP contribution in [0.3, 0.4) is 0 Å². The van der Waals surface area contributed by atoms with Crippen LogP contribution in [-0.4, -0.2) is 31.3 Å². The van der Waals surface area contributed by atoms with E-state index < -0.39 is 5.97 Å². The molecular formula is C21H27NO3S. The number of aryl methyl sites for hydroxylation is 2. The van der Waals surface area contributed by atoms with E-state index in [-0.39, 0.29) is 5.41 Å². The van der Waals surface area contributed by atoms with Gasteiger partial charge in [0.25, 0.3) is 0 Å². The maximum Gasteiger partial charge on any atom is 0.337 e. The SMILES string of the molecule is CNCCOc1ccc(-c2sc3c(c2C(=O)O)CC(C)(C)CC3)c(C)c1. The second kappa shape index (κ2) is 7.41. The summed E-state index contributed by atoms with van der Waals surface area (Å²) in [6.45, 7) is 7.87. The zero-order valence-corrected chi connectivity index (χ0v) is 16.8. The number of fused-ring (bicyclic) bond motifs is 1. The molecule has 1 aliphatic carbocycles. The number of benzene rings is 1. The van der Waals surface area contributed by atoms with Crippen molar-refractivity contribution >= 4 is 17.3 Å². The van der Waals surface area contributed by atoms with Gasteiger partial charge in [-0.25, -0.2) is 4.79 Å². The van der Waals surface area contributed by atoms with Crippen molar-refractivity contribution in [2.75, 3.05) is 20.2 Å². The lowest BCUT2D eigenvalue weighted by molar-refractivity contribution is 0.0696. The van der Waals surface area contributed by atoms with E-state index in [1.165, 1.54) is 4.88 Å². The van der Waals surface area contributed by atoms with Gasteiger partial charge in [0, 0.05) is 16.3 Å². The van der Waals surface area contributed by atoms with Crippen LogP contribution in [-0.2, 0) is 12.8 Å². The first-order valence-corrected chi connectivity index (χ1v) is 9.90. The molecular weight excluding hydrogens is 346 g/mol. The van der Waals surface area contributed by atoms with Crippen molar-refractivity contribution in [2.45, 2.75) is 40.0 Å². The van der Waals surface area contributed by atoms with Crippen LogP contribution >= 0.6 is 11.3 Å². The van der Waals surface area contributed by atoms with Crippen LogP contribution in [0.15, 0.2) is 18.2 Å². The molecule has 3 rings (SSSR count). The minimum atomic E-state index is -0.816. The van der Waals surface area contributed by atoms with Crippen LogP contribution in [0.4, 0.5) is 0 Å². The van der Waals surface area contributed by atoms with Gasteiger partial charge in [-0.15, -0.1) is 11.3 Å². The van der Waals surface area contributed by atoms with Crippen LogP contribution in [0.5, 0.6) is 5.75 Å². The molecule has 0 saturated heterocycles. The number of hydrogen-bond donors (Lipinski definition) is 2. The smallest absolute Gasteiger partial charge is 0.337 e. The van der Waals surface area contributed by atoms with E-state index in [2.05, 4.69) is 19.2 Å². The summed E-state index contributed by atoms with van der Waals surface area (Å²) in [7, 11) is 1.89. The van der Waals surface area contributed by atoms with E-state index in [0.717, 1.165) is 53.1 Å². The van der Waals surface area contributed by atoms with Crippen molar-refractivity contribution in [3.63, 3.8) is 0 Å². The van der Waals surface area contributed by atoms with E-state index in [4.69, 9.17) is 4.74 Å². The van der Waals surface area contributed by atoms with E-state index in [9.17, 15) is 9.90 Å². The fourth-order valence-electron chi connectivity index (χ4n) is 3.59. The summed E-state index contributed by atoms with van der Waals surface area (Å²) in [5, 5.41) is 13.0. The Hall–Kier alpha value is -1.85. The predicted octanol–water partition coefficient (Wildman–Crippen LogP) is 4.53. The number of hydrogen-bond acceptors (Lipinski definition) is 4. The molecule has 0 radical (unpaired) electrons. The largest absolute Gasteiger partial charge is 0.492 e. The summed E-state index contributed by atoms with van der Waals surface area (Å²) >= 11 is 1.65. The summed E-state index contributed by atoms with van der Waals surface area (Å²) in [6, 6.07) is 5.93. The highest BCUT2D eigenvalue weighted by Crippen LogP contribution is 2.45. The Kier molecular flexibility index (Phi) is 5.39. The summed E-state index contributed by atoms with van der Waals surface area (Å²) in [6.07, 6.45) is 2.92. The van der Waals surface area contributed by atoms with E-state index in [1.807, 2.05) is 32.2 Å². The third-order valence-corrected chi connectivity index (χ3v) is 6.38. The zero-order chi connectivity index (χ0) is 18.9. The first-order chi connectivity index (χ1) is 12.3. The Bertz CT molecular complexity index is 823. The lowest BCUT2D eigenvalue weighted by Gasteiger charge is -2.29. The molecule has 0 fully saturated rings. The van der Waals surface area contributed by atoms with Crippen LogP contribution in [0, 0.1) is 12.3 Å². The predicted molar refractivity (Wildman–Crippen MR) is 107 cm³/mol. The number of carboxylic acid groups (broad SMARTS) is 1. The minimum absolute atomic E-state index is 0.162. The van der Waals surface area contributed by atoms with Gasteiger partial charge < -0.3 is 15.2 Å². The number of rotatable bonds is 6. The Labute approximate surface area is 159 Å². The summed E-state index contributed by atoms with van der Waals surface area (Å²) in [5.41, 5.74) is 3.76. The second-order valence-electron chi connectivity index (χ2n) is 7.78. The molecule has 0 unspecified atom stereocenters. The highest BCUT2D eigenvalue weighted by Gasteiger charge is 2.33. The van der Waals surface area contributed by atoms with Gasteiger partial charge in [0.1, 0.15) is 12.4 Å². The minimum Gasteiger partial charge on any atom is -0.492 e. The molecule has 2 N–H and O–H groups in total. The summed E-state index contributed by atoms with van der Waals surface area (Å²) in [4.78, 5) is 14.2.